The molecule has 25 heavy (non-hydrogen) atoms. The summed E-state index contributed by atoms with van der Waals surface area (Å²) in [6.45, 7) is 1.51. The minimum absolute atomic E-state index is 0.0386. The zero-order valence-corrected chi connectivity index (χ0v) is 13.1. The molecule has 0 atom stereocenters. The van der Waals surface area contributed by atoms with Gasteiger partial charge in [-0.3, -0.25) is 4.79 Å². The van der Waals surface area contributed by atoms with Crippen molar-refractivity contribution in [2.24, 2.45) is 0 Å². The first-order chi connectivity index (χ1) is 11.7. The highest BCUT2D eigenvalue weighted by molar-refractivity contribution is 5.92. The lowest BCUT2D eigenvalue weighted by atomic mass is 10.1. The average molecular weight is 353 g/mol. The summed E-state index contributed by atoms with van der Waals surface area (Å²) in [6, 6.07) is 7.25. The largest absolute Gasteiger partial charge is 0.478 e. The lowest BCUT2D eigenvalue weighted by molar-refractivity contribution is -0.145. The van der Waals surface area contributed by atoms with Crippen molar-refractivity contribution < 1.29 is 27.9 Å². The van der Waals surface area contributed by atoms with E-state index in [2.05, 4.69) is 15.3 Å². The highest BCUT2D eigenvalue weighted by atomic mass is 19.4. The molecule has 1 aromatic carbocycles. The van der Waals surface area contributed by atoms with E-state index in [1.54, 1.807) is 12.1 Å². The van der Waals surface area contributed by atoms with Crippen molar-refractivity contribution in [2.75, 3.05) is 6.54 Å². The Morgan fingerprint density at radius 3 is 2.36 bits per heavy atom. The number of hydrogen-bond acceptors (Lipinski definition) is 4. The van der Waals surface area contributed by atoms with E-state index in [1.807, 2.05) is 0 Å². The van der Waals surface area contributed by atoms with Gasteiger partial charge in [-0.1, -0.05) is 12.1 Å². The fraction of sp³-hybridized carbons (Fsp3) is 0.250. The van der Waals surface area contributed by atoms with Gasteiger partial charge >= 0.3 is 12.1 Å². The Hall–Kier alpha value is -2.97. The fourth-order valence-electron chi connectivity index (χ4n) is 2.04. The number of aromatic nitrogens is 2. The predicted octanol–water partition coefficient (Wildman–Crippen LogP) is 2.47. The predicted molar refractivity (Wildman–Crippen MR) is 81.2 cm³/mol. The van der Waals surface area contributed by atoms with E-state index < -0.39 is 23.9 Å². The third kappa shape index (κ3) is 5.00. The van der Waals surface area contributed by atoms with Crippen LogP contribution in [0.1, 0.15) is 37.9 Å². The van der Waals surface area contributed by atoms with Gasteiger partial charge in [0.25, 0.3) is 5.91 Å². The second-order valence-corrected chi connectivity index (χ2v) is 5.22. The molecular weight excluding hydrogens is 339 g/mol. The Morgan fingerprint density at radius 2 is 1.80 bits per heavy atom. The van der Waals surface area contributed by atoms with E-state index >= 15 is 0 Å². The number of carboxylic acid groups (broad SMARTS) is 1. The van der Waals surface area contributed by atoms with Crippen LogP contribution in [0.2, 0.25) is 0 Å². The summed E-state index contributed by atoms with van der Waals surface area (Å²) in [5.74, 6) is -3.14. The van der Waals surface area contributed by atoms with E-state index in [-0.39, 0.29) is 23.5 Å². The molecular formula is C16H14F3N3O3. The molecule has 0 unspecified atom stereocenters. The number of hydrogen-bond donors (Lipinski definition) is 2. The Balaban J connectivity index is 1.98. The van der Waals surface area contributed by atoms with Gasteiger partial charge in [0.1, 0.15) is 5.69 Å². The number of rotatable bonds is 5. The molecule has 0 saturated carbocycles. The van der Waals surface area contributed by atoms with Crippen LogP contribution in [0.5, 0.6) is 0 Å². The molecule has 2 N–H and O–H groups in total. The molecule has 6 nitrogen and oxygen atoms in total. The van der Waals surface area contributed by atoms with Gasteiger partial charge in [-0.15, -0.1) is 0 Å². The number of alkyl halides is 3. The molecule has 0 aliphatic rings. The van der Waals surface area contributed by atoms with Crippen LogP contribution in [0.4, 0.5) is 13.2 Å². The van der Waals surface area contributed by atoms with Crippen LogP contribution in [0.15, 0.2) is 30.3 Å². The highest BCUT2D eigenvalue weighted by Gasteiger charge is 2.35. The van der Waals surface area contributed by atoms with Crippen LogP contribution in [0.25, 0.3) is 0 Å². The summed E-state index contributed by atoms with van der Waals surface area (Å²) in [4.78, 5) is 29.2. The molecule has 1 amide bonds. The van der Waals surface area contributed by atoms with Gasteiger partial charge in [0.05, 0.1) is 5.56 Å². The standard InChI is InChI=1S/C16H14F3N3O3/c1-9-8-12(22-15(21-9)16(17,18)19)13(23)20-7-6-10-2-4-11(5-3-10)14(24)25/h2-5,8H,6-7H2,1H3,(H,20,23)(H,24,25). The SMILES string of the molecule is Cc1cc(C(=O)NCCc2ccc(C(=O)O)cc2)nc(C(F)(F)F)n1. The molecule has 0 aliphatic carbocycles. The first-order valence-electron chi connectivity index (χ1n) is 7.20. The van der Waals surface area contributed by atoms with Crippen molar-refractivity contribution in [3.63, 3.8) is 0 Å². The Kier molecular flexibility index (Phi) is 5.35. The Morgan fingerprint density at radius 1 is 1.16 bits per heavy atom. The molecule has 0 bridgehead atoms. The summed E-state index contributed by atoms with van der Waals surface area (Å²) in [5, 5.41) is 11.3. The number of nitrogens with zero attached hydrogens (tertiary/aromatic N) is 2. The van der Waals surface area contributed by atoms with Crippen LogP contribution in [0, 0.1) is 6.92 Å². The van der Waals surface area contributed by atoms with E-state index in [9.17, 15) is 22.8 Å². The van der Waals surface area contributed by atoms with E-state index in [0.717, 1.165) is 5.56 Å². The molecule has 1 aromatic heterocycles. The number of carbonyl (C=O) groups is 2. The van der Waals surface area contributed by atoms with E-state index in [4.69, 9.17) is 5.11 Å². The number of halogens is 3. The summed E-state index contributed by atoms with van der Waals surface area (Å²) >= 11 is 0. The van der Waals surface area contributed by atoms with E-state index in [0.29, 0.717) is 6.42 Å². The van der Waals surface area contributed by atoms with Crippen molar-refractivity contribution in [1.29, 1.82) is 0 Å². The summed E-state index contributed by atoms with van der Waals surface area (Å²) in [5.41, 5.74) is 0.599. The maximum absolute atomic E-state index is 12.7. The van der Waals surface area contributed by atoms with Crippen molar-refractivity contribution in [3.8, 4) is 0 Å². The summed E-state index contributed by atoms with van der Waals surface area (Å²) < 4.78 is 38.0. The lowest BCUT2D eigenvalue weighted by Gasteiger charge is -2.09. The number of nitrogens with one attached hydrogen (secondary N) is 1. The zero-order chi connectivity index (χ0) is 18.6. The summed E-state index contributed by atoms with van der Waals surface area (Å²) in [7, 11) is 0. The fourth-order valence-corrected chi connectivity index (χ4v) is 2.04. The number of amides is 1. The number of aromatic carboxylic acids is 1. The highest BCUT2D eigenvalue weighted by Crippen LogP contribution is 2.26. The topological polar surface area (TPSA) is 92.2 Å². The van der Waals surface area contributed by atoms with Gasteiger partial charge < -0.3 is 10.4 Å². The van der Waals surface area contributed by atoms with E-state index in [1.165, 1.54) is 25.1 Å². The first-order valence-corrected chi connectivity index (χ1v) is 7.20. The van der Waals surface area contributed by atoms with Crippen molar-refractivity contribution in [3.05, 3.63) is 58.7 Å². The monoisotopic (exact) mass is 353 g/mol. The molecule has 0 radical (unpaired) electrons. The number of aryl methyl sites for hydroxylation is 1. The van der Waals surface area contributed by atoms with Crippen LogP contribution < -0.4 is 5.32 Å². The molecule has 0 fully saturated rings. The molecule has 132 valence electrons. The molecule has 2 rings (SSSR count). The molecule has 9 heteroatoms. The van der Waals surface area contributed by atoms with Gasteiger partial charge in [0, 0.05) is 12.2 Å². The lowest BCUT2D eigenvalue weighted by Crippen LogP contribution is -2.28. The van der Waals surface area contributed by atoms with Crippen LogP contribution in [-0.2, 0) is 12.6 Å². The quantitative estimate of drug-likeness (QED) is 0.862. The van der Waals surface area contributed by atoms with Gasteiger partial charge in [-0.25, -0.2) is 14.8 Å². The second kappa shape index (κ2) is 7.29. The number of carboxylic acids is 1. The van der Waals surface area contributed by atoms with Crippen molar-refractivity contribution in [1.82, 2.24) is 15.3 Å². The summed E-state index contributed by atoms with van der Waals surface area (Å²) in [6.07, 6.45) is -4.34. The van der Waals surface area contributed by atoms with Crippen LogP contribution in [-0.4, -0.2) is 33.5 Å². The minimum atomic E-state index is -4.73. The van der Waals surface area contributed by atoms with Crippen molar-refractivity contribution in [2.45, 2.75) is 19.5 Å². The second-order valence-electron chi connectivity index (χ2n) is 5.22. The molecule has 2 aromatic rings. The smallest absolute Gasteiger partial charge is 0.451 e. The minimum Gasteiger partial charge on any atom is -0.478 e. The molecule has 0 aliphatic heterocycles. The first kappa shape index (κ1) is 18.4. The average Bonchev–Trinajstić information content (AvgIpc) is 2.53. The normalized spacial score (nSPS) is 11.2. The third-order valence-electron chi connectivity index (χ3n) is 3.24. The Labute approximate surface area is 140 Å². The maximum Gasteiger partial charge on any atom is 0.451 e. The third-order valence-corrected chi connectivity index (χ3v) is 3.24. The number of carbonyl (C=O) groups excluding carboxylic acids is 1. The van der Waals surface area contributed by atoms with Crippen LogP contribution in [0.3, 0.4) is 0 Å². The number of benzene rings is 1. The Bertz CT molecular complexity index is 789. The van der Waals surface area contributed by atoms with Gasteiger partial charge in [0.15, 0.2) is 0 Å². The molecule has 0 saturated heterocycles. The maximum atomic E-state index is 12.7. The van der Waals surface area contributed by atoms with Gasteiger partial charge in [-0.2, -0.15) is 13.2 Å². The zero-order valence-electron chi connectivity index (χ0n) is 13.1. The van der Waals surface area contributed by atoms with Crippen molar-refractivity contribution >= 4 is 11.9 Å². The van der Waals surface area contributed by atoms with Crippen LogP contribution >= 0.6 is 0 Å². The van der Waals surface area contributed by atoms with Gasteiger partial charge in [0.2, 0.25) is 5.82 Å². The molecule has 0 spiro atoms. The van der Waals surface area contributed by atoms with Gasteiger partial charge in [-0.05, 0) is 37.1 Å². The molecule has 1 heterocycles.